The second kappa shape index (κ2) is 11.9. The number of hydrogen-bond acceptors (Lipinski definition) is 3. The zero-order valence-electron chi connectivity index (χ0n) is 21.4. The number of rotatable bonds is 8. The molecule has 0 aliphatic rings. The van der Waals surface area contributed by atoms with Gasteiger partial charge in [-0.15, -0.1) is 0 Å². The molecule has 0 saturated carbocycles. The highest BCUT2D eigenvalue weighted by Crippen LogP contribution is 2.36. The molecule has 0 radical (unpaired) electrons. The van der Waals surface area contributed by atoms with Crippen LogP contribution < -0.4 is 15.5 Å². The smallest absolute Gasteiger partial charge is 0.146 e. The third-order valence-electron chi connectivity index (χ3n) is 6.09. The van der Waals surface area contributed by atoms with Crippen LogP contribution in [-0.4, -0.2) is 6.61 Å². The molecule has 3 nitrogen and oxygen atoms in total. The van der Waals surface area contributed by atoms with Crippen LogP contribution in [0.15, 0.2) is 72.8 Å². The Balaban J connectivity index is 0.00000122. The lowest BCUT2D eigenvalue weighted by molar-refractivity contribution is 0.317. The Labute approximate surface area is 200 Å². The Morgan fingerprint density at radius 2 is 0.879 bits per heavy atom. The van der Waals surface area contributed by atoms with Gasteiger partial charge in [0.15, 0.2) is 0 Å². The molecule has 0 bridgehead atoms. The summed E-state index contributed by atoms with van der Waals surface area (Å²) in [6, 6.07) is 25.4. The molecule has 3 heteroatoms. The first-order valence-corrected chi connectivity index (χ1v) is 12.0. The zero-order valence-corrected chi connectivity index (χ0v) is 21.4. The Morgan fingerprint density at radius 3 is 1.18 bits per heavy atom. The second-order valence-corrected chi connectivity index (χ2v) is 9.55. The van der Waals surface area contributed by atoms with Gasteiger partial charge in [0.2, 0.25) is 0 Å². The largest absolute Gasteiger partial charge is 0.494 e. The van der Waals surface area contributed by atoms with Crippen LogP contribution in [0, 0.1) is 0 Å². The molecular weight excluding hydrogens is 406 g/mol. The molecule has 3 aromatic rings. The van der Waals surface area contributed by atoms with Gasteiger partial charge in [-0.25, -0.2) is 0 Å². The number of nitrogens with two attached hydrogens (primary N) is 1. The molecule has 178 valence electrons. The number of benzene rings is 3. The van der Waals surface area contributed by atoms with E-state index in [9.17, 15) is 0 Å². The summed E-state index contributed by atoms with van der Waals surface area (Å²) in [4.78, 5) is 4.80. The monoisotopic (exact) mass is 447 g/mol. The molecule has 0 aliphatic heterocycles. The number of hydrogen-bond donors (Lipinski definition) is 1. The molecule has 0 heterocycles. The molecule has 0 aliphatic carbocycles. The minimum atomic E-state index is -0.117. The molecule has 0 fully saturated rings. The van der Waals surface area contributed by atoms with E-state index in [0.29, 0.717) is 5.75 Å². The maximum Gasteiger partial charge on any atom is 0.146 e. The average Bonchev–Trinajstić information content (AvgIpc) is 2.83. The maximum atomic E-state index is 5.72. The first-order chi connectivity index (χ1) is 15.7. The van der Waals surface area contributed by atoms with Crippen molar-refractivity contribution in [2.45, 2.75) is 72.1 Å². The predicted octanol–water partition coefficient (Wildman–Crippen LogP) is 7.80. The standard InChI is InChI=1S/C27H33NO2.C3H8/c1-6-19-29-24-15-11-22(12-16-24)26(2,3)20-7-9-21(10-8-20)27(4,5)23-13-17-25(30-28)18-14-23;1-3-2/h7-18H,6,19,28H2,1-5H3;3H2,1-2H3. The van der Waals surface area contributed by atoms with Gasteiger partial charge in [-0.2, -0.15) is 5.90 Å². The summed E-state index contributed by atoms with van der Waals surface area (Å²) >= 11 is 0. The summed E-state index contributed by atoms with van der Waals surface area (Å²) in [5.41, 5.74) is 4.84. The van der Waals surface area contributed by atoms with Crippen molar-refractivity contribution in [2.75, 3.05) is 6.61 Å². The first-order valence-electron chi connectivity index (χ1n) is 12.0. The van der Waals surface area contributed by atoms with Crippen molar-refractivity contribution in [3.8, 4) is 11.5 Å². The van der Waals surface area contributed by atoms with E-state index in [1.54, 1.807) is 0 Å². The molecule has 0 unspecified atom stereocenters. The summed E-state index contributed by atoms with van der Waals surface area (Å²) < 4.78 is 5.72. The van der Waals surface area contributed by atoms with E-state index in [1.807, 2.05) is 12.1 Å². The molecule has 3 rings (SSSR count). The lowest BCUT2D eigenvalue weighted by atomic mass is 9.74. The van der Waals surface area contributed by atoms with Crippen LogP contribution in [0.25, 0.3) is 0 Å². The molecule has 33 heavy (non-hydrogen) atoms. The Kier molecular flexibility index (Phi) is 9.55. The Bertz CT molecular complexity index is 956. The fraction of sp³-hybridized carbons (Fsp3) is 0.400. The Hall–Kier alpha value is -2.78. The van der Waals surface area contributed by atoms with E-state index in [0.717, 1.165) is 18.8 Å². The van der Waals surface area contributed by atoms with Gasteiger partial charge in [-0.1, -0.05) is 103 Å². The third-order valence-corrected chi connectivity index (χ3v) is 6.09. The SMILES string of the molecule is CCC.CCCOc1ccc(C(C)(C)c2ccc(C(C)(C)c3ccc(ON)cc3)cc2)cc1. The van der Waals surface area contributed by atoms with Gasteiger partial charge in [-0.3, -0.25) is 0 Å². The first kappa shape index (κ1) is 26.5. The molecule has 0 saturated heterocycles. The highest BCUT2D eigenvalue weighted by Gasteiger charge is 2.26. The van der Waals surface area contributed by atoms with Crippen LogP contribution in [0.2, 0.25) is 0 Å². The van der Waals surface area contributed by atoms with Crippen molar-refractivity contribution in [1.82, 2.24) is 0 Å². The van der Waals surface area contributed by atoms with E-state index in [4.69, 9.17) is 15.5 Å². The molecule has 2 N–H and O–H groups in total. The summed E-state index contributed by atoms with van der Waals surface area (Å²) in [7, 11) is 0. The fourth-order valence-corrected chi connectivity index (χ4v) is 3.77. The molecule has 3 aromatic carbocycles. The molecular formula is C30H41NO2. The molecule has 0 spiro atoms. The lowest BCUT2D eigenvalue weighted by Crippen LogP contribution is -2.21. The van der Waals surface area contributed by atoms with Gasteiger partial charge in [0.05, 0.1) is 6.61 Å². The van der Waals surface area contributed by atoms with E-state index >= 15 is 0 Å². The highest BCUT2D eigenvalue weighted by atomic mass is 16.6. The highest BCUT2D eigenvalue weighted by molar-refractivity contribution is 5.45. The quantitative estimate of drug-likeness (QED) is 0.358. The van der Waals surface area contributed by atoms with Gasteiger partial charge in [0.25, 0.3) is 0 Å². The zero-order chi connectivity index (χ0) is 24.5. The van der Waals surface area contributed by atoms with Crippen LogP contribution >= 0.6 is 0 Å². The Morgan fingerprint density at radius 1 is 0.576 bits per heavy atom. The summed E-state index contributed by atoms with van der Waals surface area (Å²) in [6.45, 7) is 16.1. The van der Waals surface area contributed by atoms with Gasteiger partial charge >= 0.3 is 0 Å². The predicted molar refractivity (Wildman–Crippen MR) is 140 cm³/mol. The third kappa shape index (κ3) is 6.61. The van der Waals surface area contributed by atoms with Gasteiger partial charge in [0.1, 0.15) is 11.5 Å². The van der Waals surface area contributed by atoms with E-state index in [1.165, 1.54) is 28.7 Å². The number of ether oxygens (including phenoxy) is 1. The molecule has 0 amide bonds. The van der Waals surface area contributed by atoms with Crippen LogP contribution in [0.3, 0.4) is 0 Å². The minimum Gasteiger partial charge on any atom is -0.494 e. The van der Waals surface area contributed by atoms with Crippen LogP contribution in [0.4, 0.5) is 0 Å². The summed E-state index contributed by atoms with van der Waals surface area (Å²) in [6.07, 6.45) is 2.26. The van der Waals surface area contributed by atoms with E-state index < -0.39 is 0 Å². The van der Waals surface area contributed by atoms with Gasteiger partial charge < -0.3 is 9.57 Å². The van der Waals surface area contributed by atoms with Crippen LogP contribution in [0.5, 0.6) is 11.5 Å². The summed E-state index contributed by atoms with van der Waals surface area (Å²) in [5.74, 6) is 6.84. The van der Waals surface area contributed by atoms with Crippen LogP contribution in [-0.2, 0) is 10.8 Å². The van der Waals surface area contributed by atoms with Crippen LogP contribution in [0.1, 0.15) is 83.6 Å². The molecule has 0 aromatic heterocycles. The minimum absolute atomic E-state index is 0.0912. The van der Waals surface area contributed by atoms with Crippen molar-refractivity contribution >= 4 is 0 Å². The normalized spacial score (nSPS) is 11.4. The van der Waals surface area contributed by atoms with Crippen molar-refractivity contribution in [2.24, 2.45) is 5.90 Å². The second-order valence-electron chi connectivity index (χ2n) is 9.55. The summed E-state index contributed by atoms with van der Waals surface area (Å²) in [5, 5.41) is 0. The van der Waals surface area contributed by atoms with Gasteiger partial charge in [0, 0.05) is 10.8 Å². The lowest BCUT2D eigenvalue weighted by Gasteiger charge is -2.29. The van der Waals surface area contributed by atoms with Crippen molar-refractivity contribution in [1.29, 1.82) is 0 Å². The molecule has 0 atom stereocenters. The topological polar surface area (TPSA) is 44.5 Å². The maximum absolute atomic E-state index is 5.72. The fourth-order valence-electron chi connectivity index (χ4n) is 3.77. The van der Waals surface area contributed by atoms with Crippen molar-refractivity contribution < 1.29 is 9.57 Å². The van der Waals surface area contributed by atoms with Crippen molar-refractivity contribution in [3.63, 3.8) is 0 Å². The average molecular weight is 448 g/mol. The van der Waals surface area contributed by atoms with E-state index in [2.05, 4.69) is 109 Å². The van der Waals surface area contributed by atoms with E-state index in [-0.39, 0.29) is 10.8 Å². The van der Waals surface area contributed by atoms with Gasteiger partial charge in [-0.05, 0) is 52.9 Å². The van der Waals surface area contributed by atoms with Crippen molar-refractivity contribution in [3.05, 3.63) is 95.1 Å².